The first kappa shape index (κ1) is 21.0. The summed E-state index contributed by atoms with van der Waals surface area (Å²) in [6.07, 6.45) is 7.29. The van der Waals surface area contributed by atoms with Gasteiger partial charge < -0.3 is 19.5 Å². The standard InChI is InChI=1S/C23H35NO4/c1-3-4-5-6-18(2)16-27-19-7-8-21-20(15-19)23(17-28-21)10-13-24(14-11-23)12-9-22(25)26/h7-8,15,18H,3-6,9-14,16-17H2,1-2H3,(H,25,26). The highest BCUT2D eigenvalue weighted by molar-refractivity contribution is 5.66. The average molecular weight is 390 g/mol. The monoisotopic (exact) mass is 389 g/mol. The third kappa shape index (κ3) is 5.19. The summed E-state index contributed by atoms with van der Waals surface area (Å²) >= 11 is 0. The normalized spacial score (nSPS) is 19.2. The molecule has 2 aliphatic heterocycles. The van der Waals surface area contributed by atoms with E-state index in [-0.39, 0.29) is 11.8 Å². The molecule has 3 rings (SSSR count). The molecular formula is C23H35NO4. The molecule has 28 heavy (non-hydrogen) atoms. The number of piperidine rings is 1. The second kappa shape index (κ2) is 9.64. The SMILES string of the molecule is CCCCCC(C)COc1ccc2c(c1)C1(CCN(CCC(=O)O)CC1)CO2. The van der Waals surface area contributed by atoms with Crippen molar-refractivity contribution in [1.29, 1.82) is 0 Å². The second-order valence-corrected chi connectivity index (χ2v) is 8.62. The Morgan fingerprint density at radius 3 is 2.82 bits per heavy atom. The number of hydrogen-bond donors (Lipinski definition) is 1. The molecule has 2 heterocycles. The van der Waals surface area contributed by atoms with Crippen LogP contribution in [0.2, 0.25) is 0 Å². The lowest BCUT2D eigenvalue weighted by Crippen LogP contribution is -2.44. The van der Waals surface area contributed by atoms with Crippen LogP contribution in [0.3, 0.4) is 0 Å². The van der Waals surface area contributed by atoms with E-state index in [9.17, 15) is 4.79 Å². The third-order valence-electron chi connectivity index (χ3n) is 6.32. The first-order chi connectivity index (χ1) is 13.5. The molecule has 0 amide bonds. The summed E-state index contributed by atoms with van der Waals surface area (Å²) in [5, 5.41) is 8.90. The zero-order valence-electron chi connectivity index (χ0n) is 17.4. The maximum Gasteiger partial charge on any atom is 0.304 e. The molecule has 1 aromatic carbocycles. The molecule has 0 aromatic heterocycles. The number of aliphatic carboxylic acids is 1. The van der Waals surface area contributed by atoms with E-state index in [1.54, 1.807) is 0 Å². The molecule has 1 aromatic rings. The van der Waals surface area contributed by atoms with Gasteiger partial charge in [-0.1, -0.05) is 33.1 Å². The lowest BCUT2D eigenvalue weighted by atomic mass is 9.74. The van der Waals surface area contributed by atoms with E-state index in [1.165, 1.54) is 31.2 Å². The van der Waals surface area contributed by atoms with Gasteiger partial charge in [-0.15, -0.1) is 0 Å². The minimum absolute atomic E-state index is 0.0567. The summed E-state index contributed by atoms with van der Waals surface area (Å²) in [4.78, 5) is 13.1. The minimum Gasteiger partial charge on any atom is -0.493 e. The summed E-state index contributed by atoms with van der Waals surface area (Å²) in [7, 11) is 0. The van der Waals surface area contributed by atoms with Crippen LogP contribution in [0.15, 0.2) is 18.2 Å². The fraction of sp³-hybridized carbons (Fsp3) is 0.696. The quantitative estimate of drug-likeness (QED) is 0.598. The first-order valence-electron chi connectivity index (χ1n) is 10.9. The number of nitrogens with zero attached hydrogens (tertiary/aromatic N) is 1. The molecule has 0 bridgehead atoms. The van der Waals surface area contributed by atoms with Crippen LogP contribution in [0.25, 0.3) is 0 Å². The molecule has 1 saturated heterocycles. The lowest BCUT2D eigenvalue weighted by molar-refractivity contribution is -0.137. The van der Waals surface area contributed by atoms with Crippen molar-refractivity contribution in [3.8, 4) is 11.5 Å². The van der Waals surface area contributed by atoms with Gasteiger partial charge >= 0.3 is 5.97 Å². The number of carboxylic acids is 1. The number of carbonyl (C=O) groups is 1. The summed E-state index contributed by atoms with van der Waals surface area (Å²) in [5.74, 6) is 1.78. The van der Waals surface area contributed by atoms with Gasteiger partial charge in [0.2, 0.25) is 0 Å². The molecule has 5 nitrogen and oxygen atoms in total. The number of unbranched alkanes of at least 4 members (excludes halogenated alkanes) is 2. The van der Waals surface area contributed by atoms with E-state index >= 15 is 0 Å². The maximum atomic E-state index is 10.8. The van der Waals surface area contributed by atoms with Gasteiger partial charge in [0, 0.05) is 17.5 Å². The first-order valence-corrected chi connectivity index (χ1v) is 10.9. The smallest absolute Gasteiger partial charge is 0.304 e. The van der Waals surface area contributed by atoms with Crippen molar-refractivity contribution in [1.82, 2.24) is 4.90 Å². The predicted molar refractivity (Wildman–Crippen MR) is 110 cm³/mol. The zero-order chi connectivity index (χ0) is 20.0. The van der Waals surface area contributed by atoms with Gasteiger partial charge in [-0.25, -0.2) is 0 Å². The number of carboxylic acid groups (broad SMARTS) is 1. The Balaban J connectivity index is 1.57. The topological polar surface area (TPSA) is 59.0 Å². The van der Waals surface area contributed by atoms with Crippen LogP contribution in [-0.4, -0.2) is 48.8 Å². The largest absolute Gasteiger partial charge is 0.493 e. The molecule has 156 valence electrons. The Morgan fingerprint density at radius 1 is 1.32 bits per heavy atom. The average Bonchev–Trinajstić information content (AvgIpc) is 3.04. The van der Waals surface area contributed by atoms with Crippen molar-refractivity contribution in [2.24, 2.45) is 5.92 Å². The molecule has 2 aliphatic rings. The van der Waals surface area contributed by atoms with Crippen LogP contribution in [0.1, 0.15) is 64.4 Å². The number of likely N-dealkylation sites (tertiary alicyclic amines) is 1. The summed E-state index contributed by atoms with van der Waals surface area (Å²) in [6.45, 7) is 8.48. The molecule has 1 fully saturated rings. The Bertz CT molecular complexity index is 652. The lowest BCUT2D eigenvalue weighted by Gasteiger charge is -2.38. The van der Waals surface area contributed by atoms with Gasteiger partial charge in [-0.05, 0) is 56.5 Å². The highest BCUT2D eigenvalue weighted by atomic mass is 16.5. The van der Waals surface area contributed by atoms with Crippen molar-refractivity contribution in [2.45, 2.75) is 64.2 Å². The van der Waals surface area contributed by atoms with Gasteiger partial charge in [-0.3, -0.25) is 4.79 Å². The molecule has 1 unspecified atom stereocenters. The van der Waals surface area contributed by atoms with E-state index in [1.807, 2.05) is 6.07 Å². The Hall–Kier alpha value is -1.75. The van der Waals surface area contributed by atoms with Crippen molar-refractivity contribution in [3.63, 3.8) is 0 Å². The summed E-state index contributed by atoms with van der Waals surface area (Å²) in [6, 6.07) is 6.27. The van der Waals surface area contributed by atoms with Gasteiger partial charge in [-0.2, -0.15) is 0 Å². The number of benzene rings is 1. The maximum absolute atomic E-state index is 10.8. The van der Waals surface area contributed by atoms with Gasteiger partial charge in [0.25, 0.3) is 0 Å². The molecular weight excluding hydrogens is 354 g/mol. The fourth-order valence-electron chi connectivity index (χ4n) is 4.37. The number of hydrogen-bond acceptors (Lipinski definition) is 4. The molecule has 1 atom stereocenters. The van der Waals surface area contributed by atoms with Crippen LogP contribution in [0.4, 0.5) is 0 Å². The van der Waals surface area contributed by atoms with Gasteiger partial charge in [0.05, 0.1) is 19.6 Å². The Kier molecular flexibility index (Phi) is 7.22. The van der Waals surface area contributed by atoms with Crippen LogP contribution >= 0.6 is 0 Å². The van der Waals surface area contributed by atoms with Crippen molar-refractivity contribution in [3.05, 3.63) is 23.8 Å². The van der Waals surface area contributed by atoms with E-state index in [0.717, 1.165) is 50.6 Å². The van der Waals surface area contributed by atoms with Crippen LogP contribution in [0, 0.1) is 5.92 Å². The Labute approximate surface area is 169 Å². The molecule has 0 saturated carbocycles. The molecule has 5 heteroatoms. The summed E-state index contributed by atoms with van der Waals surface area (Å²) in [5.41, 5.74) is 1.34. The van der Waals surface area contributed by atoms with Crippen molar-refractivity contribution in [2.75, 3.05) is 32.8 Å². The van der Waals surface area contributed by atoms with Crippen LogP contribution in [0.5, 0.6) is 11.5 Å². The molecule has 0 aliphatic carbocycles. The van der Waals surface area contributed by atoms with E-state index in [0.29, 0.717) is 12.5 Å². The molecule has 1 spiro atoms. The number of ether oxygens (including phenoxy) is 2. The van der Waals surface area contributed by atoms with Crippen LogP contribution < -0.4 is 9.47 Å². The second-order valence-electron chi connectivity index (χ2n) is 8.62. The zero-order valence-corrected chi connectivity index (χ0v) is 17.4. The fourth-order valence-corrected chi connectivity index (χ4v) is 4.37. The molecule has 1 N–H and O–H groups in total. The molecule has 0 radical (unpaired) electrons. The third-order valence-corrected chi connectivity index (χ3v) is 6.32. The van der Waals surface area contributed by atoms with Gasteiger partial charge in [0.15, 0.2) is 0 Å². The van der Waals surface area contributed by atoms with Crippen molar-refractivity contribution >= 4 is 5.97 Å². The van der Waals surface area contributed by atoms with E-state index in [4.69, 9.17) is 14.6 Å². The predicted octanol–water partition coefficient (Wildman–Crippen LogP) is 4.48. The minimum atomic E-state index is -0.722. The van der Waals surface area contributed by atoms with Crippen molar-refractivity contribution < 1.29 is 19.4 Å². The number of fused-ring (bicyclic) bond motifs is 2. The van der Waals surface area contributed by atoms with Gasteiger partial charge in [0.1, 0.15) is 11.5 Å². The highest BCUT2D eigenvalue weighted by Crippen LogP contribution is 2.46. The summed E-state index contributed by atoms with van der Waals surface area (Å²) < 4.78 is 12.1. The highest BCUT2D eigenvalue weighted by Gasteiger charge is 2.43. The van der Waals surface area contributed by atoms with E-state index < -0.39 is 5.97 Å². The van der Waals surface area contributed by atoms with E-state index in [2.05, 4.69) is 30.9 Å². The number of rotatable bonds is 10. The Morgan fingerprint density at radius 2 is 2.11 bits per heavy atom. The van der Waals surface area contributed by atoms with Crippen LogP contribution in [-0.2, 0) is 10.2 Å².